The van der Waals surface area contributed by atoms with E-state index in [-0.39, 0.29) is 86.3 Å². The minimum atomic E-state index is 0. The highest BCUT2D eigenvalue weighted by Gasteiger charge is 2.18. The smallest absolute Gasteiger partial charge is 0.220 e. The number of likely N-dealkylation sites (N-methyl/N-ethyl adjacent to an activating group) is 2. The van der Waals surface area contributed by atoms with Crippen LogP contribution in [0, 0.1) is 0 Å². The summed E-state index contributed by atoms with van der Waals surface area (Å²) in [7, 11) is 4.35. The predicted molar refractivity (Wildman–Crippen MR) is 320 cm³/mol. The van der Waals surface area contributed by atoms with Gasteiger partial charge in [-0.05, 0) is 99.7 Å². The van der Waals surface area contributed by atoms with Crippen LogP contribution in [0.1, 0.15) is 82.3 Å². The molecule has 0 saturated carbocycles. The molecular weight excluding hydrogens is 1080 g/mol. The number of benzene rings is 4. The summed E-state index contributed by atoms with van der Waals surface area (Å²) >= 11 is 0. The van der Waals surface area contributed by atoms with Crippen LogP contribution in [0.3, 0.4) is 0 Å². The molecule has 2 amide bonds. The van der Waals surface area contributed by atoms with E-state index in [4.69, 9.17) is 19.9 Å². The number of aromatic amines is 4. The summed E-state index contributed by atoms with van der Waals surface area (Å²) in [4.78, 5) is 67.9. The molecule has 16 nitrogen and oxygen atoms in total. The van der Waals surface area contributed by atoms with Crippen LogP contribution >= 0.6 is 74.4 Å². The summed E-state index contributed by atoms with van der Waals surface area (Å²) in [6, 6.07) is 25.2. The second kappa shape index (κ2) is 29.5. The highest BCUT2D eigenvalue weighted by Crippen LogP contribution is 2.29. The molecule has 0 aliphatic carbocycles. The Morgan fingerprint density at radius 3 is 1.15 bits per heavy atom. The fraction of sp³-hybridized carbons (Fsp3) is 0.434. The number of nitrogens with zero attached hydrogens (tertiary/aromatic N) is 8. The maximum absolute atomic E-state index is 12.6. The van der Waals surface area contributed by atoms with Crippen LogP contribution in [0.4, 0.5) is 11.4 Å². The maximum atomic E-state index is 12.6. The van der Waals surface area contributed by atoms with Crippen LogP contribution < -0.4 is 20.4 Å². The van der Waals surface area contributed by atoms with Crippen LogP contribution in [0.15, 0.2) is 72.8 Å². The Labute approximate surface area is 476 Å². The minimum absolute atomic E-state index is 0. The lowest BCUT2D eigenvalue weighted by atomic mass is 10.1. The van der Waals surface area contributed by atoms with Gasteiger partial charge in [0.25, 0.3) is 0 Å². The fourth-order valence-electron chi connectivity index (χ4n) is 9.73. The number of halogens is 6. The van der Waals surface area contributed by atoms with Crippen LogP contribution in [0.2, 0.25) is 0 Å². The lowest BCUT2D eigenvalue weighted by molar-refractivity contribution is -0.122. The molecule has 0 radical (unpaired) electrons. The van der Waals surface area contributed by atoms with E-state index in [1.165, 1.54) is 30.6 Å². The van der Waals surface area contributed by atoms with E-state index in [0.29, 0.717) is 25.9 Å². The van der Waals surface area contributed by atoms with Crippen LogP contribution in [0.5, 0.6) is 0 Å². The molecule has 2 saturated heterocycles. The van der Waals surface area contributed by atoms with Crippen molar-refractivity contribution >= 4 is 142 Å². The van der Waals surface area contributed by atoms with Crippen molar-refractivity contribution in [1.82, 2.24) is 60.3 Å². The van der Waals surface area contributed by atoms with Gasteiger partial charge in [0.15, 0.2) is 0 Å². The lowest BCUT2D eigenvalue weighted by Gasteiger charge is -2.34. The number of amides is 2. The van der Waals surface area contributed by atoms with Crippen molar-refractivity contribution in [2.24, 2.45) is 0 Å². The molecule has 75 heavy (non-hydrogen) atoms. The SMILES string of the molecule is CN1CCN(c2ccc3nc(-c4ccc5nc(CNC(=O)CCCCCCCCCCCC(=O)NCc6nc7ccc(-c8nc9ccc(N%10CCN(C)CC%10)cc9[nH]8)cc7[nH]6)[nH]c5c4)[nH]c3c2)CC1.Cl.Cl.Cl.Cl.Cl.Cl. The second-order valence-electron chi connectivity index (χ2n) is 19.2. The van der Waals surface area contributed by atoms with E-state index in [0.717, 1.165) is 169 Å². The van der Waals surface area contributed by atoms with E-state index < -0.39 is 0 Å². The first-order chi connectivity index (χ1) is 33.8. The van der Waals surface area contributed by atoms with Gasteiger partial charge in [0.05, 0.1) is 57.2 Å². The van der Waals surface area contributed by atoms with Crippen molar-refractivity contribution in [2.45, 2.75) is 83.7 Å². The summed E-state index contributed by atoms with van der Waals surface area (Å²) in [5, 5.41) is 6.09. The molecule has 0 spiro atoms. The van der Waals surface area contributed by atoms with E-state index in [9.17, 15) is 9.59 Å². The number of anilines is 2. The van der Waals surface area contributed by atoms with Crippen molar-refractivity contribution < 1.29 is 9.59 Å². The zero-order valence-electron chi connectivity index (χ0n) is 42.6. The van der Waals surface area contributed by atoms with E-state index in [2.05, 4.69) is 113 Å². The van der Waals surface area contributed by atoms with Crippen LogP contribution in [-0.4, -0.2) is 128 Å². The number of piperazine rings is 2. The molecule has 408 valence electrons. The van der Waals surface area contributed by atoms with Gasteiger partial charge in [-0.2, -0.15) is 0 Å². The maximum Gasteiger partial charge on any atom is 0.220 e. The van der Waals surface area contributed by atoms with Crippen LogP contribution in [-0.2, 0) is 22.7 Å². The minimum Gasteiger partial charge on any atom is -0.369 e. The van der Waals surface area contributed by atoms with E-state index >= 15 is 0 Å². The highest BCUT2D eigenvalue weighted by atomic mass is 35.5. The number of carbonyl (C=O) groups excluding carboxylic acids is 2. The Balaban J connectivity index is 0.00000203. The average molecular weight is 1150 g/mol. The third-order valence-electron chi connectivity index (χ3n) is 14.0. The first kappa shape index (κ1) is 62.5. The highest BCUT2D eigenvalue weighted by molar-refractivity contribution is 5.88. The molecule has 22 heteroatoms. The number of fused-ring (bicyclic) bond motifs is 4. The summed E-state index contributed by atoms with van der Waals surface area (Å²) in [5.74, 6) is 3.24. The van der Waals surface area contributed by atoms with E-state index in [1.807, 2.05) is 24.3 Å². The lowest BCUT2D eigenvalue weighted by Crippen LogP contribution is -2.44. The largest absolute Gasteiger partial charge is 0.369 e. The number of nitrogens with one attached hydrogen (secondary N) is 6. The second-order valence-corrected chi connectivity index (χ2v) is 19.2. The number of aromatic nitrogens is 8. The number of carbonyl (C=O) groups is 2. The molecule has 0 unspecified atom stereocenters. The number of hydrogen-bond acceptors (Lipinski definition) is 10. The van der Waals surface area contributed by atoms with Gasteiger partial charge in [-0.15, -0.1) is 74.4 Å². The van der Waals surface area contributed by atoms with Crippen molar-refractivity contribution in [1.29, 1.82) is 0 Å². The predicted octanol–water partition coefficient (Wildman–Crippen LogP) is 10.8. The van der Waals surface area contributed by atoms with E-state index in [1.54, 1.807) is 0 Å². The molecule has 10 rings (SSSR count). The fourth-order valence-corrected chi connectivity index (χ4v) is 9.73. The van der Waals surface area contributed by atoms with Gasteiger partial charge in [0.1, 0.15) is 23.3 Å². The van der Waals surface area contributed by atoms with Gasteiger partial charge < -0.3 is 50.2 Å². The molecule has 4 aromatic heterocycles. The summed E-state index contributed by atoms with van der Waals surface area (Å²) in [5.41, 5.74) is 12.0. The molecule has 0 atom stereocenters. The standard InChI is InChI=1S/C53H66N14O2.6ClH/c1-64-22-26-66(27-23-64)38-16-20-42-46(32-38)62-52(60-42)36-14-18-40-44(30-36)58-48(56-40)34-54-50(68)12-10-8-6-4-3-5-7-9-11-13-51(69)55-35-49-57-41-19-15-37(31-45(41)59-49)53-61-43-21-17-39(33-47(43)63-53)67-28-24-65(2)25-29-67;;;;;;/h14-21,30-33H,3-13,22-29,34-35H2,1-2H3,(H,54,68)(H,55,69)(H,56,58)(H,57,59)(H,60,62)(H,61,63);6*1H. The van der Waals surface area contributed by atoms with Gasteiger partial charge in [0, 0.05) is 87.7 Å². The summed E-state index contributed by atoms with van der Waals surface area (Å²) < 4.78 is 0. The first-order valence-electron chi connectivity index (χ1n) is 25.1. The van der Waals surface area contributed by atoms with Gasteiger partial charge >= 0.3 is 0 Å². The number of rotatable bonds is 20. The molecule has 8 aromatic rings. The first-order valence-corrected chi connectivity index (χ1v) is 25.1. The molecule has 6 N–H and O–H groups in total. The van der Waals surface area contributed by atoms with Crippen molar-refractivity contribution in [2.75, 3.05) is 76.3 Å². The van der Waals surface area contributed by atoms with Crippen molar-refractivity contribution in [3.63, 3.8) is 0 Å². The average Bonchev–Trinajstić information content (AvgIpc) is 4.18. The molecule has 6 heterocycles. The Bertz CT molecular complexity index is 2850. The van der Waals surface area contributed by atoms with Crippen LogP contribution in [0.25, 0.3) is 66.9 Å². The van der Waals surface area contributed by atoms with Crippen molar-refractivity contribution in [3.8, 4) is 22.8 Å². The third-order valence-corrected chi connectivity index (χ3v) is 14.0. The zero-order chi connectivity index (χ0) is 47.1. The molecule has 0 bridgehead atoms. The number of H-pyrrole nitrogens is 4. The Morgan fingerprint density at radius 2 is 0.760 bits per heavy atom. The molecule has 2 aliphatic rings. The summed E-state index contributed by atoms with van der Waals surface area (Å²) in [6.45, 7) is 9.13. The third kappa shape index (κ3) is 16.0. The Kier molecular flexibility index (Phi) is 24.6. The number of unbranched alkanes of at least 4 members (excludes halogenated alkanes) is 8. The number of imidazole rings is 4. The molecule has 4 aromatic carbocycles. The summed E-state index contributed by atoms with van der Waals surface area (Å²) in [6.07, 6.45) is 10.7. The van der Waals surface area contributed by atoms with Gasteiger partial charge in [-0.1, -0.05) is 44.9 Å². The molecule has 2 fully saturated rings. The monoisotopic (exact) mass is 1150 g/mol. The molecule has 2 aliphatic heterocycles. The quantitative estimate of drug-likeness (QED) is 0.0401. The Hall–Kier alpha value is -5.04. The molecular formula is C53H72Cl6N14O2. The van der Waals surface area contributed by atoms with Gasteiger partial charge in [0.2, 0.25) is 11.8 Å². The van der Waals surface area contributed by atoms with Crippen molar-refractivity contribution in [3.05, 3.63) is 84.4 Å². The topological polar surface area (TPSA) is 186 Å². The Morgan fingerprint density at radius 1 is 0.427 bits per heavy atom. The normalized spacial score (nSPS) is 13.8. The zero-order valence-corrected chi connectivity index (χ0v) is 47.5. The van der Waals surface area contributed by atoms with Gasteiger partial charge in [-0.3, -0.25) is 9.59 Å². The number of hydrogen-bond donors (Lipinski definition) is 6. The van der Waals surface area contributed by atoms with Gasteiger partial charge in [-0.25, -0.2) is 19.9 Å².